The van der Waals surface area contributed by atoms with E-state index in [1.54, 1.807) is 0 Å². The number of benzene rings is 1. The molecular weight excluding hydrogens is 174 g/mol. The molecule has 0 aromatic heterocycles. The van der Waals surface area contributed by atoms with Crippen LogP contribution in [0.2, 0.25) is 5.02 Å². The molecule has 0 amide bonds. The van der Waals surface area contributed by atoms with Gasteiger partial charge in [0.1, 0.15) is 6.23 Å². The fraction of sp³-hybridized carbons (Fsp3) is 0.333. The van der Waals surface area contributed by atoms with Crippen LogP contribution >= 0.6 is 11.6 Å². The Balaban J connectivity index is 2.52. The van der Waals surface area contributed by atoms with Crippen LogP contribution in [-0.4, -0.2) is 11.3 Å². The molecule has 3 N–H and O–H groups in total. The Bertz CT molecular complexity index is 250. The van der Waals surface area contributed by atoms with Crippen LogP contribution in [0.1, 0.15) is 12.0 Å². The molecule has 0 bridgehead atoms. The zero-order valence-electron chi connectivity index (χ0n) is 6.70. The highest BCUT2D eigenvalue weighted by Crippen LogP contribution is 2.12. The summed E-state index contributed by atoms with van der Waals surface area (Å²) in [7, 11) is 0. The molecule has 0 aliphatic carbocycles. The molecule has 2 nitrogen and oxygen atoms in total. The number of halogens is 1. The van der Waals surface area contributed by atoms with Crippen LogP contribution in [0.3, 0.4) is 0 Å². The first kappa shape index (κ1) is 9.52. The summed E-state index contributed by atoms with van der Waals surface area (Å²) in [6.07, 6.45) is 0.599. The second-order valence-corrected chi connectivity index (χ2v) is 3.17. The van der Waals surface area contributed by atoms with E-state index >= 15 is 0 Å². The van der Waals surface area contributed by atoms with E-state index in [0.29, 0.717) is 6.42 Å². The first-order valence-corrected chi connectivity index (χ1v) is 4.24. The lowest BCUT2D eigenvalue weighted by molar-refractivity contribution is 0.172. The van der Waals surface area contributed by atoms with Crippen LogP contribution < -0.4 is 5.73 Å². The van der Waals surface area contributed by atoms with Gasteiger partial charge in [0.2, 0.25) is 0 Å². The van der Waals surface area contributed by atoms with Crippen molar-refractivity contribution in [2.24, 2.45) is 5.73 Å². The summed E-state index contributed by atoms with van der Waals surface area (Å²) < 4.78 is 0. The van der Waals surface area contributed by atoms with Crippen molar-refractivity contribution in [1.29, 1.82) is 0 Å². The molecule has 0 saturated heterocycles. The summed E-state index contributed by atoms with van der Waals surface area (Å²) in [5, 5.41) is 9.55. The predicted octanol–water partition coefficient (Wildman–Crippen LogP) is 1.55. The maximum atomic E-state index is 8.83. The lowest BCUT2D eigenvalue weighted by Crippen LogP contribution is -2.19. The van der Waals surface area contributed by atoms with E-state index in [4.69, 9.17) is 22.4 Å². The summed E-state index contributed by atoms with van der Waals surface area (Å²) >= 11 is 5.77. The number of aryl methyl sites for hydroxylation is 1. The van der Waals surface area contributed by atoms with Crippen molar-refractivity contribution in [2.75, 3.05) is 0 Å². The predicted molar refractivity (Wildman–Crippen MR) is 50.0 cm³/mol. The molecule has 66 valence electrons. The molecule has 0 heterocycles. The van der Waals surface area contributed by atoms with E-state index in [0.717, 1.165) is 17.0 Å². The van der Waals surface area contributed by atoms with Gasteiger partial charge in [-0.05, 0) is 30.5 Å². The minimum atomic E-state index is -0.732. The van der Waals surface area contributed by atoms with Crippen molar-refractivity contribution in [3.8, 4) is 0 Å². The number of aliphatic hydroxyl groups excluding tert-OH is 1. The molecule has 0 aliphatic heterocycles. The Kier molecular flexibility index (Phi) is 3.53. The minimum Gasteiger partial charge on any atom is -0.379 e. The minimum absolute atomic E-state index is 0.570. The van der Waals surface area contributed by atoms with Gasteiger partial charge in [-0.15, -0.1) is 0 Å². The van der Waals surface area contributed by atoms with Gasteiger partial charge in [-0.3, -0.25) is 0 Å². The highest BCUT2D eigenvalue weighted by Gasteiger charge is 1.98. The molecule has 0 radical (unpaired) electrons. The van der Waals surface area contributed by atoms with Crippen LogP contribution in [0, 0.1) is 0 Å². The van der Waals surface area contributed by atoms with Crippen LogP contribution in [0.4, 0.5) is 0 Å². The Hall–Kier alpha value is -0.570. The van der Waals surface area contributed by atoms with Gasteiger partial charge >= 0.3 is 0 Å². The standard InChI is InChI=1S/C9H12ClNO/c10-8-3-1-2-7(6-8)4-5-9(11)12/h1-3,6,9,12H,4-5,11H2. The third kappa shape index (κ3) is 3.22. The van der Waals surface area contributed by atoms with Crippen LogP contribution in [0.5, 0.6) is 0 Å². The number of hydrogen-bond donors (Lipinski definition) is 2. The van der Waals surface area contributed by atoms with E-state index < -0.39 is 6.23 Å². The first-order valence-electron chi connectivity index (χ1n) is 3.86. The summed E-state index contributed by atoms with van der Waals surface area (Å²) in [6.45, 7) is 0. The fourth-order valence-electron chi connectivity index (χ4n) is 1.01. The van der Waals surface area contributed by atoms with Gasteiger partial charge in [0, 0.05) is 5.02 Å². The number of nitrogens with two attached hydrogens (primary N) is 1. The second-order valence-electron chi connectivity index (χ2n) is 2.74. The topological polar surface area (TPSA) is 46.2 Å². The highest BCUT2D eigenvalue weighted by atomic mass is 35.5. The lowest BCUT2D eigenvalue weighted by atomic mass is 10.1. The lowest BCUT2D eigenvalue weighted by Gasteiger charge is -2.03. The molecule has 12 heavy (non-hydrogen) atoms. The van der Waals surface area contributed by atoms with E-state index in [1.807, 2.05) is 24.3 Å². The normalized spacial score (nSPS) is 12.9. The van der Waals surface area contributed by atoms with Crippen LogP contribution in [0.15, 0.2) is 24.3 Å². The van der Waals surface area contributed by atoms with Crippen LogP contribution in [0.25, 0.3) is 0 Å². The molecule has 1 aromatic carbocycles. The zero-order valence-corrected chi connectivity index (χ0v) is 7.46. The van der Waals surface area contributed by atoms with E-state index in [2.05, 4.69) is 0 Å². The van der Waals surface area contributed by atoms with Gasteiger partial charge in [-0.1, -0.05) is 23.7 Å². The summed E-state index contributed by atoms with van der Waals surface area (Å²) in [5.41, 5.74) is 6.30. The van der Waals surface area contributed by atoms with E-state index in [9.17, 15) is 0 Å². The van der Waals surface area contributed by atoms with Crippen LogP contribution in [-0.2, 0) is 6.42 Å². The van der Waals surface area contributed by atoms with E-state index in [-0.39, 0.29) is 0 Å². The molecule has 3 heteroatoms. The quantitative estimate of drug-likeness (QED) is 0.702. The molecule has 0 saturated carbocycles. The molecule has 0 spiro atoms. The smallest absolute Gasteiger partial charge is 0.102 e. The zero-order chi connectivity index (χ0) is 8.97. The summed E-state index contributed by atoms with van der Waals surface area (Å²) in [6, 6.07) is 7.56. The van der Waals surface area contributed by atoms with Gasteiger partial charge < -0.3 is 10.8 Å². The van der Waals surface area contributed by atoms with E-state index in [1.165, 1.54) is 0 Å². The van der Waals surface area contributed by atoms with Crippen molar-refractivity contribution in [3.05, 3.63) is 34.9 Å². The molecule has 1 unspecified atom stereocenters. The second kappa shape index (κ2) is 4.45. The Morgan fingerprint density at radius 1 is 1.50 bits per heavy atom. The molecule has 0 aliphatic rings. The van der Waals surface area contributed by atoms with Gasteiger partial charge in [0.05, 0.1) is 0 Å². The van der Waals surface area contributed by atoms with Gasteiger partial charge in [0.25, 0.3) is 0 Å². The molecular formula is C9H12ClNO. The monoisotopic (exact) mass is 185 g/mol. The Labute approximate surface area is 77.0 Å². The molecule has 1 aromatic rings. The van der Waals surface area contributed by atoms with Crippen molar-refractivity contribution < 1.29 is 5.11 Å². The third-order valence-corrected chi connectivity index (χ3v) is 1.85. The van der Waals surface area contributed by atoms with Gasteiger partial charge in [0.15, 0.2) is 0 Å². The highest BCUT2D eigenvalue weighted by molar-refractivity contribution is 6.30. The summed E-state index contributed by atoms with van der Waals surface area (Å²) in [5.74, 6) is 0. The first-order chi connectivity index (χ1) is 5.68. The summed E-state index contributed by atoms with van der Waals surface area (Å²) in [4.78, 5) is 0. The van der Waals surface area contributed by atoms with Crippen molar-refractivity contribution in [2.45, 2.75) is 19.1 Å². The molecule has 1 rings (SSSR count). The molecule has 1 atom stereocenters. The van der Waals surface area contributed by atoms with Gasteiger partial charge in [-0.2, -0.15) is 0 Å². The average molecular weight is 186 g/mol. The maximum Gasteiger partial charge on any atom is 0.102 e. The SMILES string of the molecule is NC(O)CCc1cccc(Cl)c1. The number of hydrogen-bond acceptors (Lipinski definition) is 2. The van der Waals surface area contributed by atoms with Gasteiger partial charge in [-0.25, -0.2) is 0 Å². The molecule has 0 fully saturated rings. The maximum absolute atomic E-state index is 8.83. The Morgan fingerprint density at radius 2 is 2.25 bits per heavy atom. The van der Waals surface area contributed by atoms with Crippen molar-refractivity contribution in [1.82, 2.24) is 0 Å². The van der Waals surface area contributed by atoms with Crippen molar-refractivity contribution >= 4 is 11.6 Å². The average Bonchev–Trinajstić information content (AvgIpc) is 2.01. The Morgan fingerprint density at radius 3 is 2.83 bits per heavy atom. The largest absolute Gasteiger partial charge is 0.379 e. The number of rotatable bonds is 3. The van der Waals surface area contributed by atoms with Crippen molar-refractivity contribution in [3.63, 3.8) is 0 Å². The third-order valence-electron chi connectivity index (χ3n) is 1.62. The number of aliphatic hydroxyl groups is 1. The fourth-order valence-corrected chi connectivity index (χ4v) is 1.22.